The SMILES string of the molecule is COc1cc(C(O)C(CO)Oc2cccc(OC)c2C=CCO)ccc1O. The third-order valence-corrected chi connectivity index (χ3v) is 3.99. The summed E-state index contributed by atoms with van der Waals surface area (Å²) in [6, 6.07) is 9.52. The van der Waals surface area contributed by atoms with Gasteiger partial charge in [0.15, 0.2) is 17.6 Å². The molecule has 146 valence electrons. The van der Waals surface area contributed by atoms with E-state index in [0.717, 1.165) is 0 Å². The lowest BCUT2D eigenvalue weighted by atomic mass is 10.0. The van der Waals surface area contributed by atoms with E-state index in [0.29, 0.717) is 22.6 Å². The zero-order chi connectivity index (χ0) is 19.8. The molecular formula is C20H24O7. The molecule has 0 aliphatic heterocycles. The number of hydrogen-bond acceptors (Lipinski definition) is 7. The number of aromatic hydroxyl groups is 1. The molecule has 0 amide bonds. The minimum absolute atomic E-state index is 0.0564. The summed E-state index contributed by atoms with van der Waals surface area (Å²) in [6.45, 7) is -0.610. The van der Waals surface area contributed by atoms with E-state index in [9.17, 15) is 15.3 Å². The number of aliphatic hydroxyl groups is 3. The van der Waals surface area contributed by atoms with Gasteiger partial charge in [0.1, 0.15) is 17.6 Å². The summed E-state index contributed by atoms with van der Waals surface area (Å²) in [5, 5.41) is 39.1. The third kappa shape index (κ3) is 4.91. The summed E-state index contributed by atoms with van der Waals surface area (Å²) in [5.74, 6) is 1.05. The predicted molar refractivity (Wildman–Crippen MR) is 100 cm³/mol. The van der Waals surface area contributed by atoms with Crippen LogP contribution in [0.4, 0.5) is 0 Å². The Bertz CT molecular complexity index is 773. The van der Waals surface area contributed by atoms with Crippen molar-refractivity contribution >= 4 is 6.08 Å². The van der Waals surface area contributed by atoms with Crippen molar-refractivity contribution in [2.45, 2.75) is 12.2 Å². The number of benzene rings is 2. The molecule has 7 nitrogen and oxygen atoms in total. The normalized spacial score (nSPS) is 13.4. The van der Waals surface area contributed by atoms with Gasteiger partial charge < -0.3 is 34.6 Å². The molecule has 2 atom stereocenters. The minimum Gasteiger partial charge on any atom is -0.504 e. The van der Waals surface area contributed by atoms with Crippen molar-refractivity contribution in [2.24, 2.45) is 0 Å². The van der Waals surface area contributed by atoms with Crippen molar-refractivity contribution < 1.29 is 34.6 Å². The smallest absolute Gasteiger partial charge is 0.160 e. The highest BCUT2D eigenvalue weighted by Gasteiger charge is 2.24. The standard InChI is InChI=1S/C20H24O7/c1-25-16-6-3-7-17(14(16)5-4-10-21)27-19(12-22)20(24)13-8-9-15(23)18(11-13)26-2/h3-9,11,19-24H,10,12H2,1-2H3. The Morgan fingerprint density at radius 1 is 1.00 bits per heavy atom. The molecule has 27 heavy (non-hydrogen) atoms. The van der Waals surface area contributed by atoms with Crippen molar-refractivity contribution in [3.8, 4) is 23.0 Å². The third-order valence-electron chi connectivity index (χ3n) is 3.99. The molecule has 2 unspecified atom stereocenters. The van der Waals surface area contributed by atoms with E-state index in [1.807, 2.05) is 0 Å². The first-order chi connectivity index (χ1) is 13.0. The average Bonchev–Trinajstić information content (AvgIpc) is 2.70. The maximum Gasteiger partial charge on any atom is 0.160 e. The lowest BCUT2D eigenvalue weighted by Crippen LogP contribution is -2.29. The molecule has 0 aliphatic rings. The number of phenolic OH excluding ortho intramolecular Hbond substituents is 1. The summed E-state index contributed by atoms with van der Waals surface area (Å²) in [6.07, 6.45) is 1.01. The maximum atomic E-state index is 10.6. The van der Waals surface area contributed by atoms with Crippen molar-refractivity contribution in [3.63, 3.8) is 0 Å². The summed E-state index contributed by atoms with van der Waals surface area (Å²) in [5.41, 5.74) is 0.988. The van der Waals surface area contributed by atoms with Gasteiger partial charge in [-0.05, 0) is 35.9 Å². The monoisotopic (exact) mass is 376 g/mol. The van der Waals surface area contributed by atoms with Crippen LogP contribution in [0.5, 0.6) is 23.0 Å². The summed E-state index contributed by atoms with van der Waals surface area (Å²) in [4.78, 5) is 0. The maximum absolute atomic E-state index is 10.6. The number of methoxy groups -OCH3 is 2. The second-order valence-electron chi connectivity index (χ2n) is 5.67. The molecule has 0 saturated heterocycles. The first-order valence-electron chi connectivity index (χ1n) is 8.32. The Morgan fingerprint density at radius 3 is 2.33 bits per heavy atom. The fourth-order valence-electron chi connectivity index (χ4n) is 2.60. The highest BCUT2D eigenvalue weighted by molar-refractivity contribution is 5.64. The van der Waals surface area contributed by atoms with Crippen LogP contribution in [0.25, 0.3) is 6.08 Å². The molecule has 0 aliphatic carbocycles. The molecule has 4 N–H and O–H groups in total. The van der Waals surface area contributed by atoms with E-state index in [4.69, 9.17) is 19.3 Å². The highest BCUT2D eigenvalue weighted by Crippen LogP contribution is 2.34. The van der Waals surface area contributed by atoms with Gasteiger partial charge in [-0.25, -0.2) is 0 Å². The van der Waals surface area contributed by atoms with Crippen LogP contribution in [-0.4, -0.2) is 54.0 Å². The van der Waals surface area contributed by atoms with Gasteiger partial charge in [0.25, 0.3) is 0 Å². The largest absolute Gasteiger partial charge is 0.504 e. The molecular weight excluding hydrogens is 352 g/mol. The van der Waals surface area contributed by atoms with Crippen molar-refractivity contribution in [2.75, 3.05) is 27.4 Å². The lowest BCUT2D eigenvalue weighted by Gasteiger charge is -2.24. The molecule has 2 rings (SSSR count). The molecule has 0 fully saturated rings. The number of ether oxygens (including phenoxy) is 3. The van der Waals surface area contributed by atoms with Crippen LogP contribution in [0.2, 0.25) is 0 Å². The topological polar surface area (TPSA) is 109 Å². The molecule has 0 aromatic heterocycles. The second-order valence-corrected chi connectivity index (χ2v) is 5.67. The molecule has 0 heterocycles. The van der Waals surface area contributed by atoms with Crippen LogP contribution >= 0.6 is 0 Å². The number of rotatable bonds is 9. The van der Waals surface area contributed by atoms with Crippen LogP contribution < -0.4 is 14.2 Å². The average molecular weight is 376 g/mol. The Hall–Kier alpha value is -2.74. The molecule has 7 heteroatoms. The second kappa shape index (κ2) is 9.82. The lowest BCUT2D eigenvalue weighted by molar-refractivity contribution is 0.000462. The van der Waals surface area contributed by atoms with Crippen LogP contribution in [0.3, 0.4) is 0 Å². The van der Waals surface area contributed by atoms with Crippen LogP contribution in [0.15, 0.2) is 42.5 Å². The first-order valence-corrected chi connectivity index (χ1v) is 8.32. The van der Waals surface area contributed by atoms with E-state index in [1.165, 1.54) is 38.5 Å². The van der Waals surface area contributed by atoms with Gasteiger partial charge in [-0.3, -0.25) is 0 Å². The molecule has 0 bridgehead atoms. The minimum atomic E-state index is -1.18. The zero-order valence-electron chi connectivity index (χ0n) is 15.2. The number of hydrogen-bond donors (Lipinski definition) is 4. The van der Waals surface area contributed by atoms with E-state index >= 15 is 0 Å². The Labute approximate surface area is 157 Å². The van der Waals surface area contributed by atoms with Crippen LogP contribution in [0.1, 0.15) is 17.2 Å². The van der Waals surface area contributed by atoms with Crippen molar-refractivity contribution in [3.05, 3.63) is 53.6 Å². The highest BCUT2D eigenvalue weighted by atomic mass is 16.5. The van der Waals surface area contributed by atoms with Gasteiger partial charge in [-0.2, -0.15) is 0 Å². The predicted octanol–water partition coefficient (Wildman–Crippen LogP) is 1.89. The van der Waals surface area contributed by atoms with Crippen LogP contribution in [0, 0.1) is 0 Å². The van der Waals surface area contributed by atoms with Gasteiger partial charge in [0, 0.05) is 0 Å². The van der Waals surface area contributed by atoms with Gasteiger partial charge in [-0.15, -0.1) is 0 Å². The summed E-state index contributed by atoms with van der Waals surface area (Å²) < 4.78 is 16.2. The zero-order valence-corrected chi connectivity index (χ0v) is 15.2. The van der Waals surface area contributed by atoms with Gasteiger partial charge in [0.2, 0.25) is 0 Å². The van der Waals surface area contributed by atoms with E-state index in [1.54, 1.807) is 24.3 Å². The van der Waals surface area contributed by atoms with Gasteiger partial charge in [-0.1, -0.05) is 18.2 Å². The Kier molecular flexibility index (Phi) is 7.48. The Morgan fingerprint density at radius 2 is 1.70 bits per heavy atom. The molecule has 0 spiro atoms. The number of phenols is 1. The van der Waals surface area contributed by atoms with Gasteiger partial charge >= 0.3 is 0 Å². The van der Waals surface area contributed by atoms with E-state index in [-0.39, 0.29) is 18.1 Å². The van der Waals surface area contributed by atoms with Gasteiger partial charge in [0.05, 0.1) is 33.0 Å². The summed E-state index contributed by atoms with van der Waals surface area (Å²) >= 11 is 0. The van der Waals surface area contributed by atoms with E-state index in [2.05, 4.69) is 0 Å². The molecule has 2 aromatic rings. The fourth-order valence-corrected chi connectivity index (χ4v) is 2.60. The summed E-state index contributed by atoms with van der Waals surface area (Å²) in [7, 11) is 2.91. The molecule has 0 saturated carbocycles. The molecule has 2 aromatic carbocycles. The van der Waals surface area contributed by atoms with Crippen molar-refractivity contribution in [1.29, 1.82) is 0 Å². The first kappa shape index (κ1) is 20.6. The van der Waals surface area contributed by atoms with E-state index < -0.39 is 18.8 Å². The molecule has 0 radical (unpaired) electrons. The Balaban J connectivity index is 2.32. The fraction of sp³-hybridized carbons (Fsp3) is 0.300. The quantitative estimate of drug-likeness (QED) is 0.529. The van der Waals surface area contributed by atoms with Crippen molar-refractivity contribution in [1.82, 2.24) is 0 Å². The number of aliphatic hydroxyl groups excluding tert-OH is 3. The van der Waals surface area contributed by atoms with Crippen LogP contribution in [-0.2, 0) is 0 Å².